The predicted molar refractivity (Wildman–Crippen MR) is 114 cm³/mol. The van der Waals surface area contributed by atoms with E-state index in [1.165, 1.54) is 0 Å². The Morgan fingerprint density at radius 1 is 0.897 bits per heavy atom. The van der Waals surface area contributed by atoms with Gasteiger partial charge in [-0.15, -0.1) is 0 Å². The zero-order valence-corrected chi connectivity index (χ0v) is 18.0. The highest BCUT2D eigenvalue weighted by Gasteiger charge is 2.20. The van der Waals surface area contributed by atoms with Crippen molar-refractivity contribution in [1.82, 2.24) is 9.80 Å². The molecule has 0 bridgehead atoms. The summed E-state index contributed by atoms with van der Waals surface area (Å²) in [7, 11) is 0.167. The molecule has 7 heteroatoms. The molecule has 2 aromatic rings. The number of methoxy groups -OCH3 is 2. The first-order valence-electron chi connectivity index (χ1n) is 9.95. The van der Waals surface area contributed by atoms with Gasteiger partial charge < -0.3 is 14.4 Å². The van der Waals surface area contributed by atoms with Gasteiger partial charge in [0.1, 0.15) is 11.5 Å². The fourth-order valence-electron chi connectivity index (χ4n) is 3.64. The molecule has 1 saturated heterocycles. The lowest BCUT2D eigenvalue weighted by atomic mass is 10.1. The topological polar surface area (TPSA) is 59.1 Å². The molecular formula is C22H30N2O4S. The van der Waals surface area contributed by atoms with Crippen molar-refractivity contribution >= 4 is 9.84 Å². The number of sulfone groups is 1. The van der Waals surface area contributed by atoms with E-state index in [-0.39, 0.29) is 5.75 Å². The summed E-state index contributed by atoms with van der Waals surface area (Å²) >= 11 is 0. The molecular weight excluding hydrogens is 388 g/mol. The molecule has 1 aliphatic heterocycles. The third kappa shape index (κ3) is 5.95. The molecule has 1 fully saturated rings. The number of piperazine rings is 1. The smallest absolute Gasteiger partial charge is 0.178 e. The number of benzene rings is 2. The van der Waals surface area contributed by atoms with Crippen molar-refractivity contribution < 1.29 is 17.9 Å². The van der Waals surface area contributed by atoms with Crippen molar-refractivity contribution in [3.63, 3.8) is 0 Å². The van der Waals surface area contributed by atoms with Crippen molar-refractivity contribution in [2.45, 2.75) is 17.9 Å². The summed E-state index contributed by atoms with van der Waals surface area (Å²) in [5.74, 6) is 1.90. The molecule has 1 aliphatic rings. The van der Waals surface area contributed by atoms with Gasteiger partial charge in [-0.25, -0.2) is 8.42 Å². The molecule has 0 saturated carbocycles. The Hall–Kier alpha value is -2.09. The molecule has 6 nitrogen and oxygen atoms in total. The van der Waals surface area contributed by atoms with E-state index in [0.717, 1.165) is 56.3 Å². The molecule has 0 radical (unpaired) electrons. The van der Waals surface area contributed by atoms with Gasteiger partial charge in [-0.05, 0) is 43.3 Å². The van der Waals surface area contributed by atoms with Crippen LogP contribution in [0.25, 0.3) is 0 Å². The molecule has 0 atom stereocenters. The van der Waals surface area contributed by atoms with Gasteiger partial charge in [0.2, 0.25) is 0 Å². The molecule has 158 valence electrons. The molecule has 29 heavy (non-hydrogen) atoms. The summed E-state index contributed by atoms with van der Waals surface area (Å²) in [5, 5.41) is 0. The first kappa shape index (κ1) is 21.6. The Balaban J connectivity index is 1.45. The Labute approximate surface area is 174 Å². The average molecular weight is 419 g/mol. The molecule has 0 unspecified atom stereocenters. The number of rotatable bonds is 9. The Kier molecular flexibility index (Phi) is 7.52. The summed E-state index contributed by atoms with van der Waals surface area (Å²) in [5.41, 5.74) is 1.12. The largest absolute Gasteiger partial charge is 0.497 e. The van der Waals surface area contributed by atoms with Crippen LogP contribution < -0.4 is 9.47 Å². The third-order valence-corrected chi connectivity index (χ3v) is 7.15. The van der Waals surface area contributed by atoms with Crippen LogP contribution in [0.4, 0.5) is 0 Å². The second-order valence-corrected chi connectivity index (χ2v) is 9.39. The highest BCUT2D eigenvalue weighted by molar-refractivity contribution is 7.91. The van der Waals surface area contributed by atoms with Crippen molar-refractivity contribution in [2.24, 2.45) is 0 Å². The summed E-state index contributed by atoms with van der Waals surface area (Å²) in [4.78, 5) is 5.16. The van der Waals surface area contributed by atoms with Gasteiger partial charge in [0.15, 0.2) is 9.84 Å². The van der Waals surface area contributed by atoms with E-state index in [4.69, 9.17) is 9.47 Å². The van der Waals surface area contributed by atoms with Crippen molar-refractivity contribution in [1.29, 1.82) is 0 Å². The zero-order valence-electron chi connectivity index (χ0n) is 17.2. The SMILES string of the molecule is COc1ccc(OC)c(CN2CCN(CCCS(=O)(=O)c3ccccc3)CC2)c1. The summed E-state index contributed by atoms with van der Waals surface area (Å²) in [6, 6.07) is 14.6. The molecule has 0 aliphatic carbocycles. The molecule has 0 spiro atoms. The maximum Gasteiger partial charge on any atom is 0.178 e. The van der Waals surface area contributed by atoms with E-state index in [2.05, 4.69) is 9.80 Å². The lowest BCUT2D eigenvalue weighted by molar-refractivity contribution is 0.126. The molecule has 0 N–H and O–H groups in total. The number of ether oxygens (including phenoxy) is 2. The third-order valence-electron chi connectivity index (χ3n) is 5.34. The molecule has 2 aromatic carbocycles. The van der Waals surface area contributed by atoms with Crippen LogP contribution in [-0.4, -0.2) is 70.9 Å². The first-order chi connectivity index (χ1) is 14.0. The minimum Gasteiger partial charge on any atom is -0.497 e. The standard InChI is InChI=1S/C22H30N2O4S/c1-27-20-9-10-22(28-2)19(17-20)18-24-14-12-23(13-15-24)11-6-16-29(25,26)21-7-4-3-5-8-21/h3-5,7-10,17H,6,11-16,18H2,1-2H3. The van der Waals surface area contributed by atoms with Crippen LogP contribution in [0.3, 0.4) is 0 Å². The first-order valence-corrected chi connectivity index (χ1v) is 11.6. The highest BCUT2D eigenvalue weighted by Crippen LogP contribution is 2.25. The second kappa shape index (κ2) is 10.1. The minimum atomic E-state index is -3.19. The fourth-order valence-corrected chi connectivity index (χ4v) is 4.96. The van der Waals surface area contributed by atoms with Crippen molar-refractivity contribution in [3.8, 4) is 11.5 Å². The fraction of sp³-hybridized carbons (Fsp3) is 0.455. The number of hydrogen-bond acceptors (Lipinski definition) is 6. The van der Waals surface area contributed by atoms with Crippen LogP contribution in [0.15, 0.2) is 53.4 Å². The van der Waals surface area contributed by atoms with Gasteiger partial charge in [0.25, 0.3) is 0 Å². The minimum absolute atomic E-state index is 0.193. The van der Waals surface area contributed by atoms with E-state index in [0.29, 0.717) is 11.3 Å². The lowest BCUT2D eigenvalue weighted by Gasteiger charge is -2.35. The molecule has 0 aromatic heterocycles. The van der Waals surface area contributed by atoms with Crippen molar-refractivity contribution in [2.75, 3.05) is 52.7 Å². The quantitative estimate of drug-likeness (QED) is 0.624. The summed E-state index contributed by atoms with van der Waals surface area (Å²) in [6.07, 6.45) is 0.654. The number of nitrogens with zero attached hydrogens (tertiary/aromatic N) is 2. The molecule has 0 amide bonds. The van der Waals surface area contributed by atoms with Gasteiger partial charge in [-0.2, -0.15) is 0 Å². The highest BCUT2D eigenvalue weighted by atomic mass is 32.2. The van der Waals surface area contributed by atoms with E-state index < -0.39 is 9.84 Å². The zero-order chi connectivity index (χ0) is 20.7. The van der Waals surface area contributed by atoms with E-state index in [1.807, 2.05) is 24.3 Å². The Morgan fingerprint density at radius 3 is 2.24 bits per heavy atom. The Bertz CT molecular complexity index is 879. The van der Waals surface area contributed by atoms with Gasteiger partial charge in [0, 0.05) is 38.3 Å². The van der Waals surface area contributed by atoms with Gasteiger partial charge in [0.05, 0.1) is 24.9 Å². The van der Waals surface area contributed by atoms with Gasteiger partial charge in [-0.3, -0.25) is 4.90 Å². The normalized spacial score (nSPS) is 15.9. The van der Waals surface area contributed by atoms with Crippen LogP contribution in [0.2, 0.25) is 0 Å². The van der Waals surface area contributed by atoms with Crippen LogP contribution >= 0.6 is 0 Å². The van der Waals surface area contributed by atoms with Crippen LogP contribution in [0.1, 0.15) is 12.0 Å². The van der Waals surface area contributed by atoms with E-state index >= 15 is 0 Å². The predicted octanol–water partition coefficient (Wildman–Crippen LogP) is 2.69. The van der Waals surface area contributed by atoms with Crippen molar-refractivity contribution in [3.05, 3.63) is 54.1 Å². The summed E-state index contributed by atoms with van der Waals surface area (Å²) in [6.45, 7) is 5.41. The van der Waals surface area contributed by atoms with E-state index in [9.17, 15) is 8.42 Å². The van der Waals surface area contributed by atoms with Crippen LogP contribution in [0.5, 0.6) is 11.5 Å². The van der Waals surface area contributed by atoms with Crippen LogP contribution in [0, 0.1) is 0 Å². The Morgan fingerprint density at radius 2 is 1.59 bits per heavy atom. The maximum absolute atomic E-state index is 12.4. The second-order valence-electron chi connectivity index (χ2n) is 7.28. The van der Waals surface area contributed by atoms with E-state index in [1.54, 1.807) is 38.5 Å². The monoisotopic (exact) mass is 418 g/mol. The average Bonchev–Trinajstić information content (AvgIpc) is 2.75. The maximum atomic E-state index is 12.4. The lowest BCUT2D eigenvalue weighted by Crippen LogP contribution is -2.46. The van der Waals surface area contributed by atoms with Crippen LogP contribution in [-0.2, 0) is 16.4 Å². The van der Waals surface area contributed by atoms with Gasteiger partial charge >= 0.3 is 0 Å². The summed E-state index contributed by atoms with van der Waals surface area (Å²) < 4.78 is 35.6. The van der Waals surface area contributed by atoms with Gasteiger partial charge in [-0.1, -0.05) is 18.2 Å². The number of hydrogen-bond donors (Lipinski definition) is 0. The molecule has 1 heterocycles. The molecule has 3 rings (SSSR count).